The Morgan fingerprint density at radius 3 is 2.69 bits per heavy atom. The molecule has 0 unspecified atom stereocenters. The zero-order valence-electron chi connectivity index (χ0n) is 20.3. The number of carbonyl (C=O) groups is 1. The fourth-order valence-corrected chi connectivity index (χ4v) is 6.06. The van der Waals surface area contributed by atoms with Gasteiger partial charge in [0.15, 0.2) is 33.6 Å². The van der Waals surface area contributed by atoms with Gasteiger partial charge in [0.1, 0.15) is 25.6 Å². The molecular formula is C24H29BrN6O4S. The average Bonchev–Trinajstić information content (AvgIpc) is 3.25. The number of hydrogen-bond donors (Lipinski definition) is 1. The van der Waals surface area contributed by atoms with Crippen molar-refractivity contribution in [3.8, 4) is 11.5 Å². The maximum Gasteiger partial charge on any atom is 0.251 e. The normalized spacial score (nSPS) is 16.9. The number of methoxy groups -OCH3 is 1. The molecule has 3 aromatic rings. The molecule has 0 aliphatic carbocycles. The monoisotopic (exact) mass is 576 g/mol. The lowest BCUT2D eigenvalue weighted by Gasteiger charge is -2.33. The summed E-state index contributed by atoms with van der Waals surface area (Å²) in [5, 5.41) is 0.788. The van der Waals surface area contributed by atoms with Crippen LogP contribution in [0.3, 0.4) is 0 Å². The molecule has 2 aliphatic heterocycles. The number of aryl methyl sites for hydroxylation is 1. The Kier molecular flexibility index (Phi) is 7.54. The van der Waals surface area contributed by atoms with E-state index < -0.39 is 6.10 Å². The summed E-state index contributed by atoms with van der Waals surface area (Å²) in [5.74, 6) is 2.37. The van der Waals surface area contributed by atoms with E-state index in [1.165, 1.54) is 18.1 Å². The van der Waals surface area contributed by atoms with Crippen LogP contribution in [0.4, 0.5) is 5.82 Å². The highest BCUT2D eigenvalue weighted by Crippen LogP contribution is 2.42. The van der Waals surface area contributed by atoms with Crippen LogP contribution < -0.4 is 15.2 Å². The summed E-state index contributed by atoms with van der Waals surface area (Å²) in [6.45, 7) is 5.11. The fraction of sp³-hybridized carbons (Fsp3) is 0.500. The van der Waals surface area contributed by atoms with Crippen LogP contribution in [-0.2, 0) is 16.1 Å². The molecule has 2 N–H and O–H groups in total. The van der Waals surface area contributed by atoms with Gasteiger partial charge in [-0.2, -0.15) is 0 Å². The number of nitrogens with zero attached hydrogens (tertiary/aromatic N) is 5. The molecule has 192 valence electrons. The standard InChI is InChI=1S/C24H29BrN6O4S/c1-14(33-2)23(32)30-6-3-15(4-7-30)5-8-31-22-20(21(26)27-13-28-22)29-24(31)36-19-12-18-17(11-16(19)25)34-9-10-35-18/h11-15H,3-10H2,1-2H3,(H2,26,27,28)/t14-/m0/s1. The third kappa shape index (κ3) is 5.12. The Labute approximate surface area is 222 Å². The van der Waals surface area contributed by atoms with E-state index in [1.54, 1.807) is 14.0 Å². The van der Waals surface area contributed by atoms with Gasteiger partial charge in [0, 0.05) is 36.1 Å². The summed E-state index contributed by atoms with van der Waals surface area (Å²) in [6, 6.07) is 3.90. The van der Waals surface area contributed by atoms with E-state index >= 15 is 0 Å². The minimum atomic E-state index is -0.400. The largest absolute Gasteiger partial charge is 0.486 e. The molecule has 2 aromatic heterocycles. The number of carbonyl (C=O) groups excluding carboxylic acids is 1. The molecule has 0 radical (unpaired) electrons. The van der Waals surface area contributed by atoms with Gasteiger partial charge >= 0.3 is 0 Å². The Morgan fingerprint density at radius 2 is 1.97 bits per heavy atom. The molecular weight excluding hydrogens is 548 g/mol. The lowest BCUT2D eigenvalue weighted by Crippen LogP contribution is -2.43. The lowest BCUT2D eigenvalue weighted by molar-refractivity contribution is -0.142. The first kappa shape index (κ1) is 25.1. The van der Waals surface area contributed by atoms with Crippen LogP contribution in [0.2, 0.25) is 0 Å². The zero-order valence-corrected chi connectivity index (χ0v) is 22.7. The van der Waals surface area contributed by atoms with Gasteiger partial charge in [-0.3, -0.25) is 4.79 Å². The third-order valence-electron chi connectivity index (χ3n) is 6.71. The number of halogens is 1. The van der Waals surface area contributed by atoms with Gasteiger partial charge < -0.3 is 29.4 Å². The first-order chi connectivity index (χ1) is 17.4. The topological polar surface area (TPSA) is 118 Å². The van der Waals surface area contributed by atoms with E-state index in [0.29, 0.717) is 30.5 Å². The van der Waals surface area contributed by atoms with Gasteiger partial charge in [-0.05, 0) is 60.2 Å². The van der Waals surface area contributed by atoms with Crippen LogP contribution in [0.1, 0.15) is 26.2 Å². The average molecular weight is 578 g/mol. The summed E-state index contributed by atoms with van der Waals surface area (Å²) in [4.78, 5) is 28.7. The lowest BCUT2D eigenvalue weighted by atomic mass is 9.93. The van der Waals surface area contributed by atoms with Gasteiger partial charge in [0.25, 0.3) is 5.91 Å². The van der Waals surface area contributed by atoms with Crippen LogP contribution in [-0.4, -0.2) is 69.8 Å². The second-order valence-electron chi connectivity index (χ2n) is 8.94. The maximum absolute atomic E-state index is 12.4. The summed E-state index contributed by atoms with van der Waals surface area (Å²) in [6.07, 6.45) is 3.95. The van der Waals surface area contributed by atoms with Crippen LogP contribution in [0.25, 0.3) is 11.2 Å². The van der Waals surface area contributed by atoms with Gasteiger partial charge in [-0.1, -0.05) is 11.8 Å². The maximum atomic E-state index is 12.4. The van der Waals surface area contributed by atoms with Crippen molar-refractivity contribution in [2.75, 3.05) is 39.1 Å². The van der Waals surface area contributed by atoms with Crippen LogP contribution in [0.15, 0.2) is 33.0 Å². The van der Waals surface area contributed by atoms with Crippen molar-refractivity contribution in [3.05, 3.63) is 22.9 Å². The Balaban J connectivity index is 1.34. The smallest absolute Gasteiger partial charge is 0.251 e. The van der Waals surface area contributed by atoms with E-state index in [1.807, 2.05) is 17.0 Å². The molecule has 1 saturated heterocycles. The second kappa shape index (κ2) is 10.8. The minimum absolute atomic E-state index is 0.0624. The third-order valence-corrected chi connectivity index (χ3v) is 8.68. The van der Waals surface area contributed by atoms with E-state index in [9.17, 15) is 4.79 Å². The second-order valence-corrected chi connectivity index (χ2v) is 10.8. The molecule has 0 spiro atoms. The molecule has 1 amide bonds. The van der Waals surface area contributed by atoms with Crippen LogP contribution in [0, 0.1) is 5.92 Å². The van der Waals surface area contributed by atoms with Crippen molar-refractivity contribution in [3.63, 3.8) is 0 Å². The number of likely N-dealkylation sites (tertiary alicyclic amines) is 1. The van der Waals surface area contributed by atoms with Crippen molar-refractivity contribution in [1.82, 2.24) is 24.4 Å². The highest BCUT2D eigenvalue weighted by atomic mass is 79.9. The number of ether oxygens (including phenoxy) is 3. The van der Waals surface area contributed by atoms with E-state index in [-0.39, 0.29) is 5.91 Å². The molecule has 5 rings (SSSR count). The molecule has 12 heteroatoms. The van der Waals surface area contributed by atoms with Crippen molar-refractivity contribution >= 4 is 50.6 Å². The zero-order chi connectivity index (χ0) is 25.2. The van der Waals surface area contributed by atoms with Gasteiger partial charge in [0.2, 0.25) is 0 Å². The first-order valence-corrected chi connectivity index (χ1v) is 13.6. The number of nitrogen functional groups attached to an aromatic ring is 1. The SMILES string of the molecule is CO[C@@H](C)C(=O)N1CCC(CCn2c(Sc3cc4c(cc3Br)OCCO4)nc3c(N)ncnc32)CC1. The number of piperidine rings is 1. The van der Waals surface area contributed by atoms with Gasteiger partial charge in [-0.15, -0.1) is 0 Å². The number of aromatic nitrogens is 4. The van der Waals surface area contributed by atoms with Crippen molar-refractivity contribution in [2.45, 2.75) is 48.9 Å². The van der Waals surface area contributed by atoms with E-state index in [2.05, 4.69) is 30.5 Å². The molecule has 0 saturated carbocycles. The molecule has 1 aromatic carbocycles. The minimum Gasteiger partial charge on any atom is -0.486 e. The molecule has 10 nitrogen and oxygen atoms in total. The van der Waals surface area contributed by atoms with Gasteiger partial charge in [0.05, 0.1) is 0 Å². The number of amides is 1. The first-order valence-electron chi connectivity index (χ1n) is 12.0. The molecule has 0 bridgehead atoms. The summed E-state index contributed by atoms with van der Waals surface area (Å²) < 4.78 is 19.7. The summed E-state index contributed by atoms with van der Waals surface area (Å²) >= 11 is 5.19. The summed E-state index contributed by atoms with van der Waals surface area (Å²) in [7, 11) is 1.57. The Morgan fingerprint density at radius 1 is 1.25 bits per heavy atom. The highest BCUT2D eigenvalue weighted by molar-refractivity contribution is 9.10. The molecule has 1 atom stereocenters. The number of fused-ring (bicyclic) bond motifs is 2. The van der Waals surface area contributed by atoms with Crippen molar-refractivity contribution in [2.24, 2.45) is 5.92 Å². The number of nitrogens with two attached hydrogens (primary N) is 1. The predicted octanol–water partition coefficient (Wildman–Crippen LogP) is 3.76. The van der Waals surface area contributed by atoms with Gasteiger partial charge in [-0.25, -0.2) is 15.0 Å². The van der Waals surface area contributed by atoms with E-state index in [4.69, 9.17) is 24.9 Å². The Hall–Kier alpha value is -2.57. The van der Waals surface area contributed by atoms with Crippen LogP contribution in [0.5, 0.6) is 11.5 Å². The molecule has 4 heterocycles. The number of hydrogen-bond acceptors (Lipinski definition) is 9. The molecule has 1 fully saturated rings. The summed E-state index contributed by atoms with van der Waals surface area (Å²) in [5.41, 5.74) is 7.46. The number of imidazole rings is 1. The van der Waals surface area contributed by atoms with Crippen LogP contribution >= 0.6 is 27.7 Å². The Bertz CT molecular complexity index is 1260. The highest BCUT2D eigenvalue weighted by Gasteiger charge is 2.27. The quantitative estimate of drug-likeness (QED) is 0.448. The van der Waals surface area contributed by atoms with Crippen molar-refractivity contribution in [1.29, 1.82) is 0 Å². The van der Waals surface area contributed by atoms with E-state index in [0.717, 1.165) is 70.6 Å². The number of anilines is 1. The predicted molar refractivity (Wildman–Crippen MR) is 139 cm³/mol. The molecule has 36 heavy (non-hydrogen) atoms. The van der Waals surface area contributed by atoms with Crippen molar-refractivity contribution < 1.29 is 19.0 Å². The fourth-order valence-electron chi connectivity index (χ4n) is 4.55. The number of rotatable bonds is 7. The number of benzene rings is 1. The molecule has 2 aliphatic rings.